The minimum Gasteiger partial charge on any atom is -0.354 e. The van der Waals surface area contributed by atoms with E-state index in [1.165, 1.54) is 0 Å². The summed E-state index contributed by atoms with van der Waals surface area (Å²) >= 11 is 0. The van der Waals surface area contributed by atoms with Crippen molar-refractivity contribution in [2.75, 3.05) is 6.54 Å². The first-order valence-electron chi connectivity index (χ1n) is 9.77. The van der Waals surface area contributed by atoms with Gasteiger partial charge in [0.1, 0.15) is 0 Å². The number of carbonyl (C=O) groups is 3. The van der Waals surface area contributed by atoms with Crippen LogP contribution >= 0.6 is 0 Å². The maximum absolute atomic E-state index is 12.9. The average molecular weight is 388 g/mol. The molecule has 0 saturated carbocycles. The number of carbonyl (C=O) groups excluding carboxylic acids is 3. The number of nitrogens with one attached hydrogen (secondary N) is 2. The number of benzene rings is 3. The molecular weight excluding hydrogens is 364 g/mol. The molecule has 29 heavy (non-hydrogen) atoms. The van der Waals surface area contributed by atoms with Crippen LogP contribution in [0.15, 0.2) is 72.8 Å². The second kappa shape index (κ2) is 9.64. The highest BCUT2D eigenvalue weighted by atomic mass is 16.2. The van der Waals surface area contributed by atoms with Gasteiger partial charge in [-0.3, -0.25) is 14.4 Å². The minimum atomic E-state index is -1.28. The Morgan fingerprint density at radius 3 is 2.24 bits per heavy atom. The second-order valence-electron chi connectivity index (χ2n) is 6.84. The fourth-order valence-corrected chi connectivity index (χ4v) is 3.05. The van der Waals surface area contributed by atoms with E-state index in [2.05, 4.69) is 10.6 Å². The average Bonchev–Trinajstić information content (AvgIpc) is 2.77. The molecule has 2 amide bonds. The highest BCUT2D eigenvalue weighted by molar-refractivity contribution is 6.16. The van der Waals surface area contributed by atoms with E-state index in [0.717, 1.165) is 23.6 Å². The van der Waals surface area contributed by atoms with Crippen molar-refractivity contribution < 1.29 is 14.4 Å². The zero-order valence-corrected chi connectivity index (χ0v) is 16.4. The molecule has 0 spiro atoms. The van der Waals surface area contributed by atoms with Gasteiger partial charge in [-0.1, -0.05) is 74.0 Å². The largest absolute Gasteiger partial charge is 0.354 e. The molecule has 2 N–H and O–H groups in total. The Morgan fingerprint density at radius 1 is 0.828 bits per heavy atom. The first kappa shape index (κ1) is 20.3. The van der Waals surface area contributed by atoms with Gasteiger partial charge in [-0.05, 0) is 29.3 Å². The van der Waals surface area contributed by atoms with Crippen LogP contribution in [0.3, 0.4) is 0 Å². The molecule has 0 aliphatic carbocycles. The second-order valence-corrected chi connectivity index (χ2v) is 6.84. The Hall–Kier alpha value is -3.47. The van der Waals surface area contributed by atoms with Gasteiger partial charge in [0.15, 0.2) is 11.8 Å². The van der Waals surface area contributed by atoms with E-state index < -0.39 is 23.6 Å². The molecule has 5 heteroatoms. The SMILES string of the molecule is CCCCNC(=O)C(NC(=O)c1ccc2ccccc2c1)C(=O)c1ccccc1. The van der Waals surface area contributed by atoms with Gasteiger partial charge >= 0.3 is 0 Å². The normalized spacial score (nSPS) is 11.6. The molecule has 1 unspecified atom stereocenters. The molecule has 3 aromatic rings. The lowest BCUT2D eigenvalue weighted by atomic mass is 10.0. The molecule has 0 bridgehead atoms. The molecule has 3 rings (SSSR count). The van der Waals surface area contributed by atoms with Crippen LogP contribution in [0.4, 0.5) is 0 Å². The number of fused-ring (bicyclic) bond motifs is 1. The summed E-state index contributed by atoms with van der Waals surface area (Å²) in [5.74, 6) is -1.40. The lowest BCUT2D eigenvalue weighted by Crippen LogP contribution is -2.51. The van der Waals surface area contributed by atoms with Gasteiger partial charge in [0, 0.05) is 17.7 Å². The first-order valence-corrected chi connectivity index (χ1v) is 9.77. The number of amides is 2. The summed E-state index contributed by atoms with van der Waals surface area (Å²) in [6.45, 7) is 2.47. The molecule has 148 valence electrons. The Balaban J connectivity index is 1.83. The van der Waals surface area contributed by atoms with Crippen molar-refractivity contribution in [3.8, 4) is 0 Å². The van der Waals surface area contributed by atoms with Crippen molar-refractivity contribution in [1.29, 1.82) is 0 Å². The number of hydrogen-bond donors (Lipinski definition) is 2. The van der Waals surface area contributed by atoms with Gasteiger partial charge in [0.05, 0.1) is 0 Å². The van der Waals surface area contributed by atoms with Crippen molar-refractivity contribution in [3.63, 3.8) is 0 Å². The van der Waals surface area contributed by atoms with Gasteiger partial charge in [0.2, 0.25) is 0 Å². The number of ketones is 1. The predicted molar refractivity (Wildman–Crippen MR) is 114 cm³/mol. The van der Waals surface area contributed by atoms with E-state index >= 15 is 0 Å². The summed E-state index contributed by atoms with van der Waals surface area (Å²) < 4.78 is 0. The molecule has 1 atom stereocenters. The van der Waals surface area contributed by atoms with Crippen LogP contribution in [0, 0.1) is 0 Å². The highest BCUT2D eigenvalue weighted by Gasteiger charge is 2.29. The van der Waals surface area contributed by atoms with Crippen LogP contribution in [-0.2, 0) is 4.79 Å². The molecule has 0 heterocycles. The van der Waals surface area contributed by atoms with Crippen LogP contribution < -0.4 is 10.6 Å². The first-order chi connectivity index (χ1) is 14.1. The molecule has 3 aromatic carbocycles. The highest BCUT2D eigenvalue weighted by Crippen LogP contribution is 2.16. The fraction of sp³-hybridized carbons (Fsp3) is 0.208. The number of rotatable bonds is 8. The van der Waals surface area contributed by atoms with Gasteiger partial charge in [-0.25, -0.2) is 0 Å². The standard InChI is InChI=1S/C24H24N2O3/c1-2-3-15-25-24(29)21(22(27)18-10-5-4-6-11-18)26-23(28)20-14-13-17-9-7-8-12-19(17)16-20/h4-14,16,21H,2-3,15H2,1H3,(H,25,29)(H,26,28). The zero-order valence-electron chi connectivity index (χ0n) is 16.4. The summed E-state index contributed by atoms with van der Waals surface area (Å²) in [5.41, 5.74) is 0.776. The summed E-state index contributed by atoms with van der Waals surface area (Å²) in [4.78, 5) is 38.4. The van der Waals surface area contributed by atoms with Gasteiger partial charge in [-0.15, -0.1) is 0 Å². The number of hydrogen-bond acceptors (Lipinski definition) is 3. The van der Waals surface area contributed by atoms with E-state index in [0.29, 0.717) is 17.7 Å². The van der Waals surface area contributed by atoms with Crippen LogP contribution in [0.5, 0.6) is 0 Å². The van der Waals surface area contributed by atoms with E-state index in [-0.39, 0.29) is 0 Å². The van der Waals surface area contributed by atoms with Crippen molar-refractivity contribution in [1.82, 2.24) is 10.6 Å². The van der Waals surface area contributed by atoms with Crippen LogP contribution in [0.25, 0.3) is 10.8 Å². The van der Waals surface area contributed by atoms with Crippen molar-refractivity contribution in [2.24, 2.45) is 0 Å². The molecule has 0 saturated heterocycles. The van der Waals surface area contributed by atoms with E-state index in [9.17, 15) is 14.4 Å². The third-order valence-corrected chi connectivity index (χ3v) is 4.70. The van der Waals surface area contributed by atoms with Crippen LogP contribution in [0.1, 0.15) is 40.5 Å². The molecule has 0 radical (unpaired) electrons. The Labute approximate surface area is 170 Å². The van der Waals surface area contributed by atoms with Gasteiger partial charge in [-0.2, -0.15) is 0 Å². The quantitative estimate of drug-likeness (QED) is 0.351. The van der Waals surface area contributed by atoms with E-state index in [4.69, 9.17) is 0 Å². The van der Waals surface area contributed by atoms with Crippen LogP contribution in [0.2, 0.25) is 0 Å². The smallest absolute Gasteiger partial charge is 0.252 e. The third kappa shape index (κ3) is 5.08. The maximum atomic E-state index is 12.9. The maximum Gasteiger partial charge on any atom is 0.252 e. The molecular formula is C24H24N2O3. The van der Waals surface area contributed by atoms with E-state index in [1.807, 2.05) is 37.3 Å². The monoisotopic (exact) mass is 388 g/mol. The fourth-order valence-electron chi connectivity index (χ4n) is 3.05. The lowest BCUT2D eigenvalue weighted by Gasteiger charge is -2.18. The lowest BCUT2D eigenvalue weighted by molar-refractivity contribution is -0.121. The molecule has 0 fully saturated rings. The third-order valence-electron chi connectivity index (χ3n) is 4.70. The Bertz CT molecular complexity index is 1010. The minimum absolute atomic E-state index is 0.377. The molecule has 5 nitrogen and oxygen atoms in total. The number of Topliss-reactive ketones (excluding diaryl/α,β-unsaturated/α-hetero) is 1. The van der Waals surface area contributed by atoms with Crippen molar-refractivity contribution >= 4 is 28.4 Å². The Morgan fingerprint density at radius 2 is 1.52 bits per heavy atom. The summed E-state index contributed by atoms with van der Waals surface area (Å²) in [5, 5.41) is 7.30. The van der Waals surface area contributed by atoms with Crippen molar-refractivity contribution in [2.45, 2.75) is 25.8 Å². The van der Waals surface area contributed by atoms with E-state index in [1.54, 1.807) is 42.5 Å². The summed E-state index contributed by atoms with van der Waals surface area (Å²) in [6, 6.07) is 20.2. The zero-order chi connectivity index (χ0) is 20.6. The molecule has 0 aliphatic rings. The molecule has 0 aliphatic heterocycles. The number of unbranched alkanes of at least 4 members (excludes halogenated alkanes) is 1. The Kier molecular flexibility index (Phi) is 6.74. The van der Waals surface area contributed by atoms with Crippen LogP contribution in [-0.4, -0.2) is 30.2 Å². The molecule has 0 aromatic heterocycles. The van der Waals surface area contributed by atoms with Crippen molar-refractivity contribution in [3.05, 3.63) is 83.9 Å². The summed E-state index contributed by atoms with van der Waals surface area (Å²) in [7, 11) is 0. The van der Waals surface area contributed by atoms with Gasteiger partial charge < -0.3 is 10.6 Å². The van der Waals surface area contributed by atoms with Gasteiger partial charge in [0.25, 0.3) is 11.8 Å². The topological polar surface area (TPSA) is 75.3 Å². The summed E-state index contributed by atoms with van der Waals surface area (Å²) in [6.07, 6.45) is 1.72. The predicted octanol–water partition coefficient (Wildman–Crippen LogP) is 3.74.